The minimum absolute atomic E-state index is 0.204. The van der Waals surface area contributed by atoms with Crippen molar-refractivity contribution in [2.24, 2.45) is 11.7 Å². The SMILES string of the molecule is C=C(C)NC(=O)C1C(N)=CC(C)=C1OC. The topological polar surface area (TPSA) is 64.4 Å². The molecule has 82 valence electrons. The van der Waals surface area contributed by atoms with Gasteiger partial charge in [0.05, 0.1) is 7.11 Å². The summed E-state index contributed by atoms with van der Waals surface area (Å²) in [7, 11) is 1.53. The van der Waals surface area contributed by atoms with E-state index in [4.69, 9.17) is 10.5 Å². The molecule has 0 spiro atoms. The van der Waals surface area contributed by atoms with Crippen LogP contribution in [0.2, 0.25) is 0 Å². The predicted molar refractivity (Wildman–Crippen MR) is 58.4 cm³/mol. The van der Waals surface area contributed by atoms with E-state index in [1.807, 2.05) is 6.92 Å². The van der Waals surface area contributed by atoms with Crippen LogP contribution in [-0.2, 0) is 9.53 Å². The van der Waals surface area contributed by atoms with Crippen LogP contribution >= 0.6 is 0 Å². The van der Waals surface area contributed by atoms with E-state index >= 15 is 0 Å². The Morgan fingerprint density at radius 3 is 2.73 bits per heavy atom. The fourth-order valence-corrected chi connectivity index (χ4v) is 1.62. The highest BCUT2D eigenvalue weighted by Gasteiger charge is 2.32. The number of ether oxygens (including phenoxy) is 1. The van der Waals surface area contributed by atoms with E-state index in [1.54, 1.807) is 13.0 Å². The third kappa shape index (κ3) is 2.21. The van der Waals surface area contributed by atoms with Gasteiger partial charge in [-0.25, -0.2) is 0 Å². The van der Waals surface area contributed by atoms with Crippen LogP contribution in [0.3, 0.4) is 0 Å². The average molecular weight is 208 g/mol. The first kappa shape index (κ1) is 11.4. The van der Waals surface area contributed by atoms with Gasteiger partial charge in [0.15, 0.2) is 0 Å². The maximum Gasteiger partial charge on any atom is 0.240 e. The molecular weight excluding hydrogens is 192 g/mol. The van der Waals surface area contributed by atoms with Gasteiger partial charge in [-0.3, -0.25) is 4.79 Å². The molecule has 4 nitrogen and oxygen atoms in total. The first-order valence-corrected chi connectivity index (χ1v) is 4.65. The van der Waals surface area contributed by atoms with Gasteiger partial charge in [-0.15, -0.1) is 0 Å². The third-order valence-electron chi connectivity index (χ3n) is 2.19. The van der Waals surface area contributed by atoms with Crippen molar-refractivity contribution in [3.63, 3.8) is 0 Å². The third-order valence-corrected chi connectivity index (χ3v) is 2.19. The molecule has 0 aromatic carbocycles. The van der Waals surface area contributed by atoms with Crippen molar-refractivity contribution in [1.82, 2.24) is 5.32 Å². The lowest BCUT2D eigenvalue weighted by Crippen LogP contribution is -2.32. The van der Waals surface area contributed by atoms with Crippen molar-refractivity contribution in [2.45, 2.75) is 13.8 Å². The first-order valence-electron chi connectivity index (χ1n) is 4.65. The zero-order chi connectivity index (χ0) is 11.6. The monoisotopic (exact) mass is 208 g/mol. The van der Waals surface area contributed by atoms with Gasteiger partial charge in [-0.1, -0.05) is 6.58 Å². The average Bonchev–Trinajstić information content (AvgIpc) is 2.38. The van der Waals surface area contributed by atoms with E-state index in [1.165, 1.54) is 7.11 Å². The van der Waals surface area contributed by atoms with E-state index in [-0.39, 0.29) is 5.91 Å². The lowest BCUT2D eigenvalue weighted by atomic mass is 10.1. The molecule has 0 saturated carbocycles. The summed E-state index contributed by atoms with van der Waals surface area (Å²) in [5.74, 6) is -0.122. The molecule has 1 unspecified atom stereocenters. The fourth-order valence-electron chi connectivity index (χ4n) is 1.62. The molecule has 1 amide bonds. The van der Waals surface area contributed by atoms with Crippen LogP contribution in [0.4, 0.5) is 0 Å². The minimum atomic E-state index is -0.522. The van der Waals surface area contributed by atoms with E-state index < -0.39 is 5.92 Å². The smallest absolute Gasteiger partial charge is 0.240 e. The van der Waals surface area contributed by atoms with Gasteiger partial charge in [0, 0.05) is 11.4 Å². The Hall–Kier alpha value is -1.71. The van der Waals surface area contributed by atoms with Gasteiger partial charge in [-0.05, 0) is 25.5 Å². The number of rotatable bonds is 3. The van der Waals surface area contributed by atoms with E-state index in [2.05, 4.69) is 11.9 Å². The predicted octanol–water partition coefficient (Wildman–Crippen LogP) is 1.03. The Labute approximate surface area is 89.5 Å². The van der Waals surface area contributed by atoms with Gasteiger partial charge in [-0.2, -0.15) is 0 Å². The Balaban J connectivity index is 2.90. The fraction of sp³-hybridized carbons (Fsp3) is 0.364. The second-order valence-corrected chi connectivity index (χ2v) is 3.60. The molecule has 0 bridgehead atoms. The Morgan fingerprint density at radius 1 is 1.67 bits per heavy atom. The van der Waals surface area contributed by atoms with Gasteiger partial charge in [0.2, 0.25) is 5.91 Å². The molecule has 0 aliphatic heterocycles. The number of hydrogen-bond donors (Lipinski definition) is 2. The maximum atomic E-state index is 11.8. The van der Waals surface area contributed by atoms with Gasteiger partial charge in [0.25, 0.3) is 0 Å². The van der Waals surface area contributed by atoms with Crippen LogP contribution in [0.5, 0.6) is 0 Å². The summed E-state index contributed by atoms with van der Waals surface area (Å²) in [5, 5.41) is 2.63. The van der Waals surface area contributed by atoms with Crippen LogP contribution in [0, 0.1) is 5.92 Å². The van der Waals surface area contributed by atoms with Crippen LogP contribution in [0.1, 0.15) is 13.8 Å². The van der Waals surface area contributed by atoms with Crippen molar-refractivity contribution >= 4 is 5.91 Å². The van der Waals surface area contributed by atoms with E-state index in [0.29, 0.717) is 17.2 Å². The molecule has 15 heavy (non-hydrogen) atoms. The van der Waals surface area contributed by atoms with Crippen molar-refractivity contribution in [1.29, 1.82) is 0 Å². The number of nitrogens with one attached hydrogen (secondary N) is 1. The van der Waals surface area contributed by atoms with Crippen molar-refractivity contribution < 1.29 is 9.53 Å². The molecule has 1 aliphatic rings. The molecule has 1 rings (SSSR count). The molecule has 1 atom stereocenters. The molecule has 3 N–H and O–H groups in total. The molecule has 0 aromatic heterocycles. The van der Waals surface area contributed by atoms with Crippen LogP contribution < -0.4 is 11.1 Å². The number of amides is 1. The lowest BCUT2D eigenvalue weighted by molar-refractivity contribution is -0.123. The standard InChI is InChI=1S/C11H16N2O2/c1-6(2)13-11(14)9-8(12)5-7(3)10(9)15-4/h5,9H,1,12H2,2-4H3,(H,13,14). The van der Waals surface area contributed by atoms with Crippen molar-refractivity contribution in [2.75, 3.05) is 7.11 Å². The summed E-state index contributed by atoms with van der Waals surface area (Å²) in [4.78, 5) is 11.8. The highest BCUT2D eigenvalue weighted by atomic mass is 16.5. The number of allylic oxidation sites excluding steroid dienone is 3. The number of methoxy groups -OCH3 is 1. The molecule has 0 heterocycles. The largest absolute Gasteiger partial charge is 0.500 e. The van der Waals surface area contributed by atoms with Gasteiger partial charge in [0.1, 0.15) is 11.7 Å². The molecule has 0 radical (unpaired) electrons. The second-order valence-electron chi connectivity index (χ2n) is 3.60. The zero-order valence-electron chi connectivity index (χ0n) is 9.26. The summed E-state index contributed by atoms with van der Waals surface area (Å²) in [5.41, 5.74) is 7.74. The Kier molecular flexibility index (Phi) is 3.19. The zero-order valence-corrected chi connectivity index (χ0v) is 9.26. The quantitative estimate of drug-likeness (QED) is 0.728. The van der Waals surface area contributed by atoms with E-state index in [0.717, 1.165) is 5.57 Å². The molecule has 0 aromatic rings. The maximum absolute atomic E-state index is 11.8. The van der Waals surface area contributed by atoms with E-state index in [9.17, 15) is 4.79 Å². The summed E-state index contributed by atoms with van der Waals surface area (Å²) < 4.78 is 5.17. The number of hydrogen-bond acceptors (Lipinski definition) is 3. The molecule has 4 heteroatoms. The highest BCUT2D eigenvalue weighted by Crippen LogP contribution is 2.29. The molecular formula is C11H16N2O2. The Bertz CT molecular complexity index is 367. The molecule has 1 aliphatic carbocycles. The van der Waals surface area contributed by atoms with Crippen LogP contribution in [0.15, 0.2) is 35.4 Å². The van der Waals surface area contributed by atoms with Gasteiger partial charge < -0.3 is 15.8 Å². The summed E-state index contributed by atoms with van der Waals surface area (Å²) in [6.07, 6.45) is 1.75. The molecule has 0 saturated heterocycles. The number of carbonyl (C=O) groups excluding carboxylic acids is 1. The number of carbonyl (C=O) groups is 1. The number of nitrogens with two attached hydrogens (primary N) is 1. The second kappa shape index (κ2) is 4.21. The molecule has 0 fully saturated rings. The lowest BCUT2D eigenvalue weighted by Gasteiger charge is -2.16. The highest BCUT2D eigenvalue weighted by molar-refractivity contribution is 5.86. The van der Waals surface area contributed by atoms with Crippen molar-refractivity contribution in [3.05, 3.63) is 35.4 Å². The first-order chi connectivity index (χ1) is 6.97. The van der Waals surface area contributed by atoms with Crippen LogP contribution in [0.25, 0.3) is 0 Å². The minimum Gasteiger partial charge on any atom is -0.500 e. The summed E-state index contributed by atoms with van der Waals surface area (Å²) in [6, 6.07) is 0. The normalized spacial score (nSPS) is 19.9. The van der Waals surface area contributed by atoms with Crippen LogP contribution in [-0.4, -0.2) is 13.0 Å². The summed E-state index contributed by atoms with van der Waals surface area (Å²) >= 11 is 0. The van der Waals surface area contributed by atoms with Gasteiger partial charge >= 0.3 is 0 Å². The van der Waals surface area contributed by atoms with Crippen molar-refractivity contribution in [3.8, 4) is 0 Å². The summed E-state index contributed by atoms with van der Waals surface area (Å²) in [6.45, 7) is 7.19. The Morgan fingerprint density at radius 2 is 2.27 bits per heavy atom.